The number of nitrogens with zero attached hydrogens (tertiary/aromatic N) is 3. The molecule has 4 rings (SSSR count). The van der Waals surface area contributed by atoms with Crippen molar-refractivity contribution in [1.82, 2.24) is 14.7 Å². The number of aryl methyl sites for hydroxylation is 1. The van der Waals surface area contributed by atoms with Gasteiger partial charge in [-0.15, -0.1) is 0 Å². The molecule has 3 heterocycles. The number of rotatable bonds is 6. The number of carbonyl (C=O) groups is 1. The summed E-state index contributed by atoms with van der Waals surface area (Å²) in [7, 11) is 1.79. The van der Waals surface area contributed by atoms with Crippen molar-refractivity contribution in [2.24, 2.45) is 0 Å². The van der Waals surface area contributed by atoms with Crippen LogP contribution in [0.1, 0.15) is 41.5 Å². The van der Waals surface area contributed by atoms with Gasteiger partial charge >= 0.3 is 0 Å². The topological polar surface area (TPSA) is 58.9 Å². The molecule has 6 nitrogen and oxygen atoms in total. The lowest BCUT2D eigenvalue weighted by Crippen LogP contribution is -2.36. The fourth-order valence-electron chi connectivity index (χ4n) is 3.99. The van der Waals surface area contributed by atoms with Crippen molar-refractivity contribution < 1.29 is 9.53 Å². The normalized spacial score (nSPS) is 15.0. The number of anilines is 1. The van der Waals surface area contributed by atoms with E-state index in [9.17, 15) is 4.79 Å². The Labute approximate surface area is 181 Å². The van der Waals surface area contributed by atoms with Crippen LogP contribution in [0.4, 0.5) is 5.69 Å². The molecule has 1 aliphatic heterocycles. The van der Waals surface area contributed by atoms with Crippen LogP contribution in [-0.4, -0.2) is 41.6 Å². The first-order chi connectivity index (χ1) is 14.6. The van der Waals surface area contributed by atoms with Gasteiger partial charge in [-0.05, 0) is 49.1 Å². The van der Waals surface area contributed by atoms with Crippen LogP contribution < -0.4 is 10.2 Å². The smallest absolute Gasteiger partial charge is 0.270 e. The van der Waals surface area contributed by atoms with Crippen LogP contribution in [0.15, 0.2) is 42.6 Å². The summed E-state index contributed by atoms with van der Waals surface area (Å²) in [6.07, 6.45) is 4.89. The van der Waals surface area contributed by atoms with Crippen LogP contribution >= 0.6 is 11.6 Å². The molecule has 0 unspecified atom stereocenters. The van der Waals surface area contributed by atoms with E-state index in [1.165, 1.54) is 5.69 Å². The average Bonchev–Trinajstić information content (AvgIpc) is 3.15. The van der Waals surface area contributed by atoms with E-state index in [4.69, 9.17) is 16.3 Å². The van der Waals surface area contributed by atoms with Gasteiger partial charge in [-0.25, -0.2) is 4.98 Å². The second-order valence-corrected chi connectivity index (χ2v) is 8.04. The molecule has 0 bridgehead atoms. The Morgan fingerprint density at radius 3 is 2.60 bits per heavy atom. The van der Waals surface area contributed by atoms with Crippen molar-refractivity contribution in [3.63, 3.8) is 0 Å². The molecule has 1 N–H and O–H groups in total. The Hall–Kier alpha value is -2.57. The number of ether oxygens (including phenoxy) is 1. The van der Waals surface area contributed by atoms with Gasteiger partial charge in [-0.2, -0.15) is 0 Å². The first kappa shape index (κ1) is 20.7. The zero-order valence-corrected chi connectivity index (χ0v) is 18.2. The van der Waals surface area contributed by atoms with Gasteiger partial charge in [0.1, 0.15) is 11.3 Å². The lowest BCUT2D eigenvalue weighted by molar-refractivity contribution is 0.0819. The van der Waals surface area contributed by atoms with Crippen molar-refractivity contribution in [2.45, 2.75) is 38.8 Å². The van der Waals surface area contributed by atoms with Gasteiger partial charge in [0.25, 0.3) is 5.91 Å². The number of imidazole rings is 1. The second kappa shape index (κ2) is 9.06. The molecule has 1 aliphatic rings. The van der Waals surface area contributed by atoms with Crippen LogP contribution in [0.2, 0.25) is 5.02 Å². The maximum atomic E-state index is 12.9. The highest BCUT2D eigenvalue weighted by molar-refractivity contribution is 6.30. The maximum Gasteiger partial charge on any atom is 0.270 e. The number of piperidine rings is 1. The molecule has 0 radical (unpaired) electrons. The van der Waals surface area contributed by atoms with Gasteiger partial charge in [-0.1, -0.05) is 30.7 Å². The molecule has 30 heavy (non-hydrogen) atoms. The predicted octanol–water partition coefficient (Wildman–Crippen LogP) is 4.10. The minimum atomic E-state index is -0.146. The molecule has 0 spiro atoms. The van der Waals surface area contributed by atoms with E-state index in [-0.39, 0.29) is 5.91 Å². The molecule has 0 atom stereocenters. The first-order valence-electron chi connectivity index (χ1n) is 10.4. The van der Waals surface area contributed by atoms with Crippen LogP contribution in [0.5, 0.6) is 0 Å². The highest BCUT2D eigenvalue weighted by Crippen LogP contribution is 2.22. The van der Waals surface area contributed by atoms with Crippen molar-refractivity contribution >= 4 is 28.8 Å². The van der Waals surface area contributed by atoms with E-state index in [0.717, 1.165) is 42.8 Å². The van der Waals surface area contributed by atoms with Gasteiger partial charge in [0.15, 0.2) is 0 Å². The average molecular weight is 427 g/mol. The molecule has 7 heteroatoms. The van der Waals surface area contributed by atoms with Crippen LogP contribution in [0, 0.1) is 0 Å². The summed E-state index contributed by atoms with van der Waals surface area (Å²) < 4.78 is 7.22. The lowest BCUT2D eigenvalue weighted by atomic mass is 10.1. The maximum absolute atomic E-state index is 12.9. The second-order valence-electron chi connectivity index (χ2n) is 7.61. The Morgan fingerprint density at radius 1 is 1.20 bits per heavy atom. The third kappa shape index (κ3) is 4.30. The summed E-state index contributed by atoms with van der Waals surface area (Å²) >= 11 is 6.12. The summed E-state index contributed by atoms with van der Waals surface area (Å²) in [5.41, 5.74) is 4.31. The minimum absolute atomic E-state index is 0.146. The number of methoxy groups -OCH3 is 1. The van der Waals surface area contributed by atoms with Crippen LogP contribution in [-0.2, 0) is 17.7 Å². The van der Waals surface area contributed by atoms with Gasteiger partial charge in [0.2, 0.25) is 0 Å². The van der Waals surface area contributed by atoms with Crippen molar-refractivity contribution in [3.8, 4) is 0 Å². The molecule has 1 aromatic carbocycles. The molecular weight excluding hydrogens is 400 g/mol. The Kier molecular flexibility index (Phi) is 6.25. The number of halogens is 1. The Balaban J connectivity index is 1.42. The highest BCUT2D eigenvalue weighted by atomic mass is 35.5. The molecule has 1 saturated heterocycles. The summed E-state index contributed by atoms with van der Waals surface area (Å²) in [4.78, 5) is 19.9. The standard InChI is InChI=1S/C23H27ClN4O2/c1-3-20-22(28-15-17(24)6-9-21(28)26-20)23(29)25-14-16-4-7-18(8-5-16)27-12-10-19(30-2)11-13-27/h4-9,15,19H,3,10-14H2,1-2H3,(H,25,29). The summed E-state index contributed by atoms with van der Waals surface area (Å²) in [6.45, 7) is 4.46. The fourth-order valence-corrected chi connectivity index (χ4v) is 4.16. The third-order valence-electron chi connectivity index (χ3n) is 5.73. The Bertz CT molecular complexity index is 1020. The molecule has 2 aromatic heterocycles. The molecular formula is C23H27ClN4O2. The molecule has 1 amide bonds. The molecule has 158 valence electrons. The third-order valence-corrected chi connectivity index (χ3v) is 5.96. The predicted molar refractivity (Wildman–Crippen MR) is 119 cm³/mol. The number of fused-ring (bicyclic) bond motifs is 1. The van der Waals surface area contributed by atoms with E-state index in [2.05, 4.69) is 39.5 Å². The van der Waals surface area contributed by atoms with E-state index in [0.29, 0.717) is 29.8 Å². The van der Waals surface area contributed by atoms with Crippen molar-refractivity contribution in [2.75, 3.05) is 25.1 Å². The number of pyridine rings is 1. The first-order valence-corrected chi connectivity index (χ1v) is 10.8. The van der Waals surface area contributed by atoms with E-state index < -0.39 is 0 Å². The summed E-state index contributed by atoms with van der Waals surface area (Å²) in [5, 5.41) is 3.60. The van der Waals surface area contributed by atoms with Crippen LogP contribution in [0.3, 0.4) is 0 Å². The van der Waals surface area contributed by atoms with E-state index in [1.54, 1.807) is 23.8 Å². The molecule has 1 fully saturated rings. The van der Waals surface area contributed by atoms with E-state index in [1.807, 2.05) is 13.0 Å². The minimum Gasteiger partial charge on any atom is -0.381 e. The van der Waals surface area contributed by atoms with Crippen molar-refractivity contribution in [3.05, 3.63) is 64.6 Å². The van der Waals surface area contributed by atoms with Crippen molar-refractivity contribution in [1.29, 1.82) is 0 Å². The Morgan fingerprint density at radius 2 is 1.93 bits per heavy atom. The number of hydrogen-bond donors (Lipinski definition) is 1. The van der Waals surface area contributed by atoms with Gasteiger partial charge in [0.05, 0.1) is 16.8 Å². The zero-order chi connectivity index (χ0) is 21.1. The summed E-state index contributed by atoms with van der Waals surface area (Å²) in [5.74, 6) is -0.146. The zero-order valence-electron chi connectivity index (χ0n) is 17.4. The molecule has 0 saturated carbocycles. The number of benzene rings is 1. The number of amides is 1. The quantitative estimate of drug-likeness (QED) is 0.644. The SMILES string of the molecule is CCc1nc2ccc(Cl)cn2c1C(=O)NCc1ccc(N2CCC(OC)CC2)cc1. The van der Waals surface area contributed by atoms with Gasteiger partial charge in [-0.3, -0.25) is 9.20 Å². The van der Waals surface area contributed by atoms with Gasteiger partial charge < -0.3 is 15.0 Å². The van der Waals surface area contributed by atoms with Gasteiger partial charge in [0, 0.05) is 38.6 Å². The monoisotopic (exact) mass is 426 g/mol. The van der Waals surface area contributed by atoms with Crippen LogP contribution in [0.25, 0.3) is 5.65 Å². The van der Waals surface area contributed by atoms with E-state index >= 15 is 0 Å². The molecule has 3 aromatic rings. The number of aromatic nitrogens is 2. The largest absolute Gasteiger partial charge is 0.381 e. The lowest BCUT2D eigenvalue weighted by Gasteiger charge is -2.33. The highest BCUT2D eigenvalue weighted by Gasteiger charge is 2.20. The number of nitrogens with one attached hydrogen (secondary N) is 1. The summed E-state index contributed by atoms with van der Waals surface area (Å²) in [6, 6.07) is 12.0. The fraction of sp³-hybridized carbons (Fsp3) is 0.391. The molecule has 0 aliphatic carbocycles. The number of hydrogen-bond acceptors (Lipinski definition) is 4. The number of carbonyl (C=O) groups excluding carboxylic acids is 1.